The fraction of sp³-hybridized carbons (Fsp3) is 0.500. The number of aliphatic hydroxyl groups excluding tert-OH is 1. The molecule has 0 aromatic carbocycles. The fourth-order valence-corrected chi connectivity index (χ4v) is 6.48. The van der Waals surface area contributed by atoms with Crippen LogP contribution in [0.2, 0.25) is 5.28 Å². The fourth-order valence-electron chi connectivity index (χ4n) is 4.07. The van der Waals surface area contributed by atoms with Gasteiger partial charge in [-0.25, -0.2) is 4.98 Å². The second kappa shape index (κ2) is 8.09. The van der Waals surface area contributed by atoms with Crippen molar-refractivity contribution in [2.24, 2.45) is 0 Å². The number of aromatic nitrogens is 2. The highest BCUT2D eigenvalue weighted by atomic mass is 35.5. The molecule has 0 amide bonds. The molecule has 0 saturated carbocycles. The summed E-state index contributed by atoms with van der Waals surface area (Å²) in [5.74, 6) is 0.921. The van der Waals surface area contributed by atoms with E-state index < -0.39 is 0 Å². The maximum atomic E-state index is 9.76. The van der Waals surface area contributed by atoms with Crippen molar-refractivity contribution in [2.75, 3.05) is 44.3 Å². The first kappa shape index (κ1) is 19.7. The lowest BCUT2D eigenvalue weighted by Gasteiger charge is -2.28. The molecule has 2 aliphatic rings. The number of nitrogens with zero attached hydrogens (tertiary/aromatic N) is 4. The SMILES string of the molecule is Cc1c(-c2csc(CN3CCC(O)C3)c2)sc2c(N3CCOCC3)nc(Cl)nc12. The number of ether oxygens (including phenoxy) is 1. The molecule has 3 aromatic heterocycles. The van der Waals surface area contributed by atoms with Crippen LogP contribution in [0.5, 0.6) is 0 Å². The van der Waals surface area contributed by atoms with Crippen molar-refractivity contribution in [3.8, 4) is 10.4 Å². The normalized spacial score (nSPS) is 20.8. The number of thiophene rings is 2. The number of morpholine rings is 1. The molecule has 2 saturated heterocycles. The molecule has 0 bridgehead atoms. The van der Waals surface area contributed by atoms with Gasteiger partial charge in [-0.3, -0.25) is 4.90 Å². The minimum absolute atomic E-state index is 0.179. The first-order chi connectivity index (χ1) is 14.1. The molecule has 6 nitrogen and oxygen atoms in total. The van der Waals surface area contributed by atoms with Gasteiger partial charge in [0.2, 0.25) is 5.28 Å². The smallest absolute Gasteiger partial charge is 0.224 e. The highest BCUT2D eigenvalue weighted by molar-refractivity contribution is 7.23. The lowest BCUT2D eigenvalue weighted by Crippen LogP contribution is -2.36. The van der Waals surface area contributed by atoms with E-state index in [-0.39, 0.29) is 6.10 Å². The Labute approximate surface area is 182 Å². The predicted molar refractivity (Wildman–Crippen MR) is 119 cm³/mol. The minimum Gasteiger partial charge on any atom is -0.392 e. The van der Waals surface area contributed by atoms with Crippen molar-refractivity contribution in [1.82, 2.24) is 14.9 Å². The van der Waals surface area contributed by atoms with Gasteiger partial charge in [-0.1, -0.05) is 0 Å². The first-order valence-corrected chi connectivity index (χ1v) is 11.9. The lowest BCUT2D eigenvalue weighted by atomic mass is 10.1. The number of hydrogen-bond acceptors (Lipinski definition) is 8. The van der Waals surface area contributed by atoms with Crippen LogP contribution in [0.1, 0.15) is 16.9 Å². The van der Waals surface area contributed by atoms with E-state index in [2.05, 4.69) is 38.1 Å². The number of fused-ring (bicyclic) bond motifs is 1. The maximum Gasteiger partial charge on any atom is 0.224 e. The Bertz CT molecular complexity index is 1030. The molecule has 154 valence electrons. The quantitative estimate of drug-likeness (QED) is 0.610. The van der Waals surface area contributed by atoms with Gasteiger partial charge >= 0.3 is 0 Å². The van der Waals surface area contributed by atoms with Gasteiger partial charge in [0.1, 0.15) is 0 Å². The first-order valence-electron chi connectivity index (χ1n) is 9.86. The van der Waals surface area contributed by atoms with E-state index in [4.69, 9.17) is 16.3 Å². The van der Waals surface area contributed by atoms with Crippen molar-refractivity contribution in [3.63, 3.8) is 0 Å². The Morgan fingerprint density at radius 2 is 2.10 bits per heavy atom. The van der Waals surface area contributed by atoms with Crippen LogP contribution < -0.4 is 4.90 Å². The third kappa shape index (κ3) is 3.89. The predicted octanol–water partition coefficient (Wildman–Crippen LogP) is 3.78. The van der Waals surface area contributed by atoms with E-state index in [1.165, 1.54) is 15.3 Å². The third-order valence-corrected chi connectivity index (χ3v) is 7.99. The van der Waals surface area contributed by atoms with Crippen LogP contribution in [0.25, 0.3) is 20.7 Å². The molecule has 5 rings (SSSR count). The maximum absolute atomic E-state index is 9.76. The van der Waals surface area contributed by atoms with Gasteiger partial charge < -0.3 is 14.7 Å². The van der Waals surface area contributed by atoms with E-state index in [0.29, 0.717) is 18.5 Å². The number of β-amino-alcohol motifs (C(OH)–C–C–N with tert-alkyl or cyclic N) is 1. The standard InChI is InChI=1S/C20H23ClN4O2S2/c1-12-16-18(19(23-20(21)22-16)25-4-6-27-7-5-25)29-17(12)13-8-15(28-11-13)10-24-3-2-14(26)9-24/h8,11,14,26H,2-7,9-10H2,1H3. The lowest BCUT2D eigenvalue weighted by molar-refractivity contribution is 0.122. The zero-order chi connectivity index (χ0) is 20.0. The van der Waals surface area contributed by atoms with E-state index in [1.807, 2.05) is 0 Å². The Kier molecular flexibility index (Phi) is 5.49. The van der Waals surface area contributed by atoms with Crippen LogP contribution in [-0.2, 0) is 11.3 Å². The molecule has 29 heavy (non-hydrogen) atoms. The molecule has 2 fully saturated rings. The van der Waals surface area contributed by atoms with Gasteiger partial charge in [0.15, 0.2) is 5.82 Å². The van der Waals surface area contributed by atoms with Crippen LogP contribution in [0.15, 0.2) is 11.4 Å². The van der Waals surface area contributed by atoms with Crippen LogP contribution in [-0.4, -0.2) is 65.5 Å². The van der Waals surface area contributed by atoms with Crippen LogP contribution >= 0.6 is 34.3 Å². The summed E-state index contributed by atoms with van der Waals surface area (Å²) in [4.78, 5) is 16.2. The molecule has 1 N–H and O–H groups in total. The number of halogens is 1. The largest absolute Gasteiger partial charge is 0.392 e. The highest BCUT2D eigenvalue weighted by Gasteiger charge is 2.23. The molecule has 5 heterocycles. The summed E-state index contributed by atoms with van der Waals surface area (Å²) in [7, 11) is 0. The molecule has 1 atom stereocenters. The van der Waals surface area contributed by atoms with Crippen molar-refractivity contribution in [1.29, 1.82) is 0 Å². The number of anilines is 1. The average molecular weight is 451 g/mol. The van der Waals surface area contributed by atoms with Gasteiger partial charge in [-0.15, -0.1) is 22.7 Å². The topological polar surface area (TPSA) is 61.7 Å². The van der Waals surface area contributed by atoms with Crippen molar-refractivity contribution in [3.05, 3.63) is 27.2 Å². The summed E-state index contributed by atoms with van der Waals surface area (Å²) in [6.07, 6.45) is 0.693. The molecule has 0 spiro atoms. The molecule has 0 radical (unpaired) electrons. The summed E-state index contributed by atoms with van der Waals surface area (Å²) in [6.45, 7) is 7.81. The number of rotatable bonds is 4. The Morgan fingerprint density at radius 1 is 1.28 bits per heavy atom. The van der Waals surface area contributed by atoms with Crippen molar-refractivity contribution in [2.45, 2.75) is 26.0 Å². The van der Waals surface area contributed by atoms with Crippen LogP contribution in [0, 0.1) is 6.92 Å². The average Bonchev–Trinajstić information content (AvgIpc) is 3.42. The van der Waals surface area contributed by atoms with Gasteiger partial charge in [0.25, 0.3) is 0 Å². The van der Waals surface area contributed by atoms with E-state index in [1.54, 1.807) is 22.7 Å². The van der Waals surface area contributed by atoms with Gasteiger partial charge in [-0.05, 0) is 42.0 Å². The van der Waals surface area contributed by atoms with Crippen LogP contribution in [0.3, 0.4) is 0 Å². The molecular formula is C20H23ClN4O2S2. The summed E-state index contributed by atoms with van der Waals surface area (Å²) >= 11 is 9.81. The number of hydrogen-bond donors (Lipinski definition) is 1. The van der Waals surface area contributed by atoms with E-state index in [9.17, 15) is 5.11 Å². The highest BCUT2D eigenvalue weighted by Crippen LogP contribution is 2.43. The minimum atomic E-state index is -0.179. The van der Waals surface area contributed by atoms with E-state index in [0.717, 1.165) is 60.7 Å². The molecule has 9 heteroatoms. The Morgan fingerprint density at radius 3 is 2.86 bits per heavy atom. The van der Waals surface area contributed by atoms with Gasteiger partial charge in [-0.2, -0.15) is 4.98 Å². The van der Waals surface area contributed by atoms with Gasteiger partial charge in [0, 0.05) is 48.0 Å². The van der Waals surface area contributed by atoms with Crippen molar-refractivity contribution >= 4 is 50.3 Å². The summed E-state index contributed by atoms with van der Waals surface area (Å²) < 4.78 is 6.59. The third-order valence-electron chi connectivity index (χ3n) is 5.57. The number of aryl methyl sites for hydroxylation is 1. The van der Waals surface area contributed by atoms with Crippen molar-refractivity contribution < 1.29 is 9.84 Å². The Hall–Kier alpha value is -1.29. The zero-order valence-electron chi connectivity index (χ0n) is 16.2. The second-order valence-electron chi connectivity index (χ2n) is 7.63. The monoisotopic (exact) mass is 450 g/mol. The molecule has 1 unspecified atom stereocenters. The summed E-state index contributed by atoms with van der Waals surface area (Å²) in [5, 5.41) is 12.3. The Balaban J connectivity index is 1.48. The van der Waals surface area contributed by atoms with E-state index >= 15 is 0 Å². The summed E-state index contributed by atoms with van der Waals surface area (Å²) in [6, 6.07) is 2.27. The number of likely N-dealkylation sites (tertiary alicyclic amines) is 1. The molecule has 2 aliphatic heterocycles. The molecular weight excluding hydrogens is 428 g/mol. The second-order valence-corrected chi connectivity index (χ2v) is 9.98. The zero-order valence-corrected chi connectivity index (χ0v) is 18.6. The van der Waals surface area contributed by atoms with Gasteiger partial charge in [0.05, 0.1) is 29.5 Å². The summed E-state index contributed by atoms with van der Waals surface area (Å²) in [5.41, 5.74) is 3.33. The molecule has 0 aliphatic carbocycles. The number of aliphatic hydroxyl groups is 1. The molecule has 3 aromatic rings. The van der Waals surface area contributed by atoms with Crippen LogP contribution in [0.4, 0.5) is 5.82 Å².